The molecule has 5 rings (SSSR count). The predicted molar refractivity (Wildman–Crippen MR) is 138 cm³/mol. The number of fused-ring (bicyclic) bond motifs is 3. The molecular formula is C27H28FN5O2S. The van der Waals surface area contributed by atoms with Gasteiger partial charge in [-0.15, -0.1) is 0 Å². The van der Waals surface area contributed by atoms with Crippen LogP contribution in [0.1, 0.15) is 36.5 Å². The van der Waals surface area contributed by atoms with Crippen molar-refractivity contribution in [1.29, 1.82) is 5.26 Å². The first kappa shape index (κ1) is 24.2. The molecule has 0 aliphatic carbocycles. The van der Waals surface area contributed by atoms with Gasteiger partial charge in [0.15, 0.2) is 5.65 Å². The molecule has 1 aliphatic rings. The van der Waals surface area contributed by atoms with Crippen LogP contribution in [-0.4, -0.2) is 48.3 Å². The van der Waals surface area contributed by atoms with Crippen molar-refractivity contribution in [1.82, 2.24) is 13.7 Å². The number of unbranched alkanes of at least 4 members (excludes halogenated alkanes) is 1. The van der Waals surface area contributed by atoms with Gasteiger partial charge in [0.25, 0.3) is 0 Å². The molecule has 3 heterocycles. The molecular weight excluding hydrogens is 477 g/mol. The van der Waals surface area contributed by atoms with Crippen molar-refractivity contribution in [3.63, 3.8) is 0 Å². The lowest BCUT2D eigenvalue weighted by Gasteiger charge is -2.37. The SMILES string of the molecule is CCCCc1c(C)c(C#N)c2nc3ccccc3n2c1N1CCN(S(=O)(=O)c2ccc(F)cc2)CC1. The number of piperazine rings is 1. The van der Waals surface area contributed by atoms with E-state index in [0.29, 0.717) is 37.4 Å². The summed E-state index contributed by atoms with van der Waals surface area (Å²) in [6.07, 6.45) is 2.83. The first-order chi connectivity index (χ1) is 17.4. The number of imidazole rings is 1. The maximum absolute atomic E-state index is 13.3. The Labute approximate surface area is 210 Å². The summed E-state index contributed by atoms with van der Waals surface area (Å²) < 4.78 is 43.2. The van der Waals surface area contributed by atoms with Crippen LogP contribution in [0.5, 0.6) is 0 Å². The number of sulfonamides is 1. The average Bonchev–Trinajstić information content (AvgIpc) is 3.26. The monoisotopic (exact) mass is 505 g/mol. The maximum atomic E-state index is 13.3. The normalized spacial score (nSPS) is 15.0. The van der Waals surface area contributed by atoms with Crippen LogP contribution < -0.4 is 4.90 Å². The summed E-state index contributed by atoms with van der Waals surface area (Å²) in [6, 6.07) is 15.2. The number of benzene rings is 2. The quantitative estimate of drug-likeness (QED) is 0.381. The van der Waals surface area contributed by atoms with Crippen LogP contribution >= 0.6 is 0 Å². The van der Waals surface area contributed by atoms with Crippen molar-refractivity contribution in [2.24, 2.45) is 0 Å². The highest BCUT2D eigenvalue weighted by atomic mass is 32.2. The Morgan fingerprint density at radius 2 is 1.75 bits per heavy atom. The number of nitriles is 1. The van der Waals surface area contributed by atoms with Crippen LogP contribution in [0.25, 0.3) is 16.7 Å². The van der Waals surface area contributed by atoms with Crippen molar-refractivity contribution in [2.45, 2.75) is 38.0 Å². The molecule has 1 saturated heterocycles. The molecule has 2 aromatic heterocycles. The summed E-state index contributed by atoms with van der Waals surface area (Å²) in [5, 5.41) is 10.0. The number of hydrogen-bond acceptors (Lipinski definition) is 5. The first-order valence-corrected chi connectivity index (χ1v) is 13.6. The van der Waals surface area contributed by atoms with Crippen molar-refractivity contribution >= 4 is 32.5 Å². The molecule has 1 aliphatic heterocycles. The molecule has 2 aromatic carbocycles. The third-order valence-corrected chi connectivity index (χ3v) is 8.89. The Kier molecular flexibility index (Phi) is 6.41. The van der Waals surface area contributed by atoms with Gasteiger partial charge in [0.05, 0.1) is 21.5 Å². The molecule has 0 saturated carbocycles. The van der Waals surface area contributed by atoms with Gasteiger partial charge >= 0.3 is 0 Å². The minimum Gasteiger partial charge on any atom is -0.355 e. The minimum atomic E-state index is -3.72. The molecule has 186 valence electrons. The molecule has 7 nitrogen and oxygen atoms in total. The summed E-state index contributed by atoms with van der Waals surface area (Å²) in [6.45, 7) is 5.73. The summed E-state index contributed by atoms with van der Waals surface area (Å²) in [5.74, 6) is 0.522. The lowest BCUT2D eigenvalue weighted by Crippen LogP contribution is -2.49. The summed E-state index contributed by atoms with van der Waals surface area (Å²) >= 11 is 0. The van der Waals surface area contributed by atoms with E-state index >= 15 is 0 Å². The number of nitrogens with zero attached hydrogens (tertiary/aromatic N) is 5. The Bertz CT molecular complexity index is 1580. The number of anilines is 1. The summed E-state index contributed by atoms with van der Waals surface area (Å²) in [5.41, 5.74) is 5.01. The van der Waals surface area contributed by atoms with E-state index in [9.17, 15) is 18.1 Å². The standard InChI is InChI=1S/C27H28FN5O2S/c1-3-4-7-22-19(2)23(18-29)26-30-24-8-5-6-9-25(24)33(26)27(22)31-14-16-32(17-15-31)36(34,35)21-12-10-20(28)11-13-21/h5-6,8-13H,3-4,7,14-17H2,1-2H3. The molecule has 1 fully saturated rings. The van der Waals surface area contributed by atoms with Crippen molar-refractivity contribution in [3.05, 3.63) is 71.0 Å². The molecule has 0 unspecified atom stereocenters. The van der Waals surface area contributed by atoms with E-state index < -0.39 is 15.8 Å². The van der Waals surface area contributed by atoms with Crippen LogP contribution in [-0.2, 0) is 16.4 Å². The zero-order valence-electron chi connectivity index (χ0n) is 20.4. The number of rotatable bonds is 6. The van der Waals surface area contributed by atoms with Gasteiger partial charge in [-0.25, -0.2) is 17.8 Å². The van der Waals surface area contributed by atoms with Crippen molar-refractivity contribution in [2.75, 3.05) is 31.1 Å². The highest BCUT2D eigenvalue weighted by Gasteiger charge is 2.31. The number of halogens is 1. The molecule has 0 bridgehead atoms. The van der Waals surface area contributed by atoms with E-state index in [-0.39, 0.29) is 4.90 Å². The van der Waals surface area contributed by atoms with E-state index in [0.717, 1.165) is 47.2 Å². The molecule has 9 heteroatoms. The number of pyridine rings is 1. The van der Waals surface area contributed by atoms with E-state index in [1.165, 1.54) is 28.6 Å². The number of para-hydroxylation sites is 2. The molecule has 0 spiro atoms. The van der Waals surface area contributed by atoms with E-state index in [1.807, 2.05) is 31.2 Å². The molecule has 0 N–H and O–H groups in total. The highest BCUT2D eigenvalue weighted by Crippen LogP contribution is 2.35. The third kappa shape index (κ3) is 4.00. The lowest BCUT2D eigenvalue weighted by atomic mass is 9.99. The van der Waals surface area contributed by atoms with Crippen LogP contribution in [0.4, 0.5) is 10.2 Å². The van der Waals surface area contributed by atoms with Gasteiger partial charge in [0.1, 0.15) is 17.7 Å². The summed E-state index contributed by atoms with van der Waals surface area (Å²) in [4.78, 5) is 7.12. The van der Waals surface area contributed by atoms with Crippen molar-refractivity contribution < 1.29 is 12.8 Å². The number of hydrogen-bond donors (Lipinski definition) is 0. The molecule has 0 atom stereocenters. The topological polar surface area (TPSA) is 81.7 Å². The third-order valence-electron chi connectivity index (χ3n) is 6.98. The Morgan fingerprint density at radius 1 is 1.06 bits per heavy atom. The number of aromatic nitrogens is 2. The van der Waals surface area contributed by atoms with Crippen molar-refractivity contribution in [3.8, 4) is 6.07 Å². The fourth-order valence-electron chi connectivity index (χ4n) is 5.04. The van der Waals surface area contributed by atoms with Gasteiger partial charge in [-0.3, -0.25) is 4.40 Å². The largest absolute Gasteiger partial charge is 0.355 e. The van der Waals surface area contributed by atoms with Gasteiger partial charge < -0.3 is 4.90 Å². The first-order valence-electron chi connectivity index (χ1n) is 12.2. The fraction of sp³-hybridized carbons (Fsp3) is 0.333. The van der Waals surface area contributed by atoms with E-state index in [4.69, 9.17) is 4.98 Å². The lowest BCUT2D eigenvalue weighted by molar-refractivity contribution is 0.383. The van der Waals surface area contributed by atoms with Gasteiger partial charge in [0.2, 0.25) is 10.0 Å². The minimum absolute atomic E-state index is 0.0956. The van der Waals surface area contributed by atoms with Crippen LogP contribution in [0.15, 0.2) is 53.4 Å². The van der Waals surface area contributed by atoms with Gasteiger partial charge in [-0.05, 0) is 67.3 Å². The zero-order valence-corrected chi connectivity index (χ0v) is 21.2. The second kappa shape index (κ2) is 9.52. The zero-order chi connectivity index (χ0) is 25.4. The van der Waals surface area contributed by atoms with Gasteiger partial charge in [0, 0.05) is 26.2 Å². The van der Waals surface area contributed by atoms with Crippen LogP contribution in [0, 0.1) is 24.1 Å². The average molecular weight is 506 g/mol. The Hall–Kier alpha value is -3.48. The predicted octanol–water partition coefficient (Wildman–Crippen LogP) is 4.66. The second-order valence-electron chi connectivity index (χ2n) is 9.12. The molecule has 4 aromatic rings. The molecule has 0 radical (unpaired) electrons. The second-order valence-corrected chi connectivity index (χ2v) is 11.1. The molecule has 0 amide bonds. The van der Waals surface area contributed by atoms with Crippen LogP contribution in [0.2, 0.25) is 0 Å². The highest BCUT2D eigenvalue weighted by molar-refractivity contribution is 7.89. The van der Waals surface area contributed by atoms with Gasteiger partial charge in [-0.2, -0.15) is 9.57 Å². The maximum Gasteiger partial charge on any atom is 0.243 e. The van der Waals surface area contributed by atoms with E-state index in [2.05, 4.69) is 22.3 Å². The summed E-state index contributed by atoms with van der Waals surface area (Å²) in [7, 11) is -3.72. The molecule has 36 heavy (non-hydrogen) atoms. The van der Waals surface area contributed by atoms with E-state index in [1.54, 1.807) is 0 Å². The Balaban J connectivity index is 1.58. The van der Waals surface area contributed by atoms with Gasteiger partial charge in [-0.1, -0.05) is 25.5 Å². The smallest absolute Gasteiger partial charge is 0.243 e. The fourth-order valence-corrected chi connectivity index (χ4v) is 6.47. The van der Waals surface area contributed by atoms with Crippen LogP contribution in [0.3, 0.4) is 0 Å². The Morgan fingerprint density at radius 3 is 2.42 bits per heavy atom.